The van der Waals surface area contributed by atoms with E-state index in [1.165, 1.54) is 6.42 Å². The zero-order chi connectivity index (χ0) is 25.1. The van der Waals surface area contributed by atoms with Crippen molar-refractivity contribution in [1.29, 1.82) is 0 Å². The van der Waals surface area contributed by atoms with Gasteiger partial charge < -0.3 is 20.3 Å². The summed E-state index contributed by atoms with van der Waals surface area (Å²) in [6, 6.07) is 7.97. The Morgan fingerprint density at radius 3 is 2.64 bits per heavy atom. The van der Waals surface area contributed by atoms with Gasteiger partial charge in [0.15, 0.2) is 22.8 Å². The van der Waals surface area contributed by atoms with Crippen LogP contribution in [0.25, 0.3) is 22.6 Å². The van der Waals surface area contributed by atoms with Gasteiger partial charge in [-0.3, -0.25) is 4.90 Å². The third-order valence-corrected chi connectivity index (χ3v) is 6.91. The van der Waals surface area contributed by atoms with Crippen molar-refractivity contribution in [3.63, 3.8) is 0 Å². The molecule has 192 valence electrons. The van der Waals surface area contributed by atoms with Crippen LogP contribution in [0.15, 0.2) is 24.3 Å². The molecule has 1 atom stereocenters. The summed E-state index contributed by atoms with van der Waals surface area (Å²) in [5.74, 6) is 1.38. The molecule has 1 aromatic carbocycles. The lowest BCUT2D eigenvalue weighted by molar-refractivity contribution is 0.122. The molecule has 3 aromatic rings. The number of nitrogens with one attached hydrogen (secondary N) is 2. The van der Waals surface area contributed by atoms with Gasteiger partial charge in [0.1, 0.15) is 0 Å². The molecule has 2 saturated heterocycles. The van der Waals surface area contributed by atoms with Gasteiger partial charge in [0.25, 0.3) is 0 Å². The Hall–Kier alpha value is -3.31. The van der Waals surface area contributed by atoms with E-state index in [0.29, 0.717) is 42.8 Å². The van der Waals surface area contributed by atoms with Crippen molar-refractivity contribution in [3.05, 3.63) is 24.3 Å². The second-order valence-corrected chi connectivity index (χ2v) is 9.61. The molecule has 1 unspecified atom stereocenters. The molecule has 0 spiro atoms. The zero-order valence-electron chi connectivity index (χ0n) is 21.3. The molecular formula is C25H35N9O2. The van der Waals surface area contributed by atoms with Crippen LogP contribution in [0.3, 0.4) is 0 Å². The first kappa shape index (κ1) is 24.4. The minimum absolute atomic E-state index is 0.119. The van der Waals surface area contributed by atoms with E-state index in [1.54, 1.807) is 0 Å². The predicted octanol–water partition coefficient (Wildman–Crippen LogP) is 2.91. The van der Waals surface area contributed by atoms with Crippen LogP contribution < -0.4 is 15.5 Å². The van der Waals surface area contributed by atoms with Crippen LogP contribution in [0.1, 0.15) is 39.7 Å². The first-order valence-corrected chi connectivity index (χ1v) is 12.9. The molecule has 4 heterocycles. The van der Waals surface area contributed by atoms with Crippen molar-refractivity contribution in [2.75, 3.05) is 56.2 Å². The summed E-state index contributed by atoms with van der Waals surface area (Å²) in [4.78, 5) is 26.8. The Morgan fingerprint density at radius 2 is 1.92 bits per heavy atom. The highest BCUT2D eigenvalue weighted by Crippen LogP contribution is 2.28. The number of morpholine rings is 1. The van der Waals surface area contributed by atoms with Crippen LogP contribution in [0.4, 0.5) is 16.3 Å². The maximum atomic E-state index is 12.5. The van der Waals surface area contributed by atoms with Crippen LogP contribution in [0.5, 0.6) is 0 Å². The Balaban J connectivity index is 1.33. The summed E-state index contributed by atoms with van der Waals surface area (Å²) < 4.78 is 7.35. The van der Waals surface area contributed by atoms with Crippen LogP contribution in [-0.2, 0) is 4.74 Å². The topological polar surface area (TPSA) is 113 Å². The Morgan fingerprint density at radius 1 is 1.14 bits per heavy atom. The SMILES string of the molecule is CCN1CCCC1CNC(=O)Nc1ccc(-c2nc(N3CCOCC3)c3nnn(C(C)C)c3n2)cc1. The van der Waals surface area contributed by atoms with Crippen molar-refractivity contribution in [1.82, 2.24) is 35.2 Å². The highest BCUT2D eigenvalue weighted by Gasteiger charge is 2.24. The molecule has 0 aliphatic carbocycles. The molecule has 0 radical (unpaired) electrons. The number of benzene rings is 1. The molecule has 2 aliphatic rings. The Bertz CT molecular complexity index is 1190. The monoisotopic (exact) mass is 493 g/mol. The number of likely N-dealkylation sites (N-methyl/N-ethyl adjacent to an activating group) is 1. The first-order valence-electron chi connectivity index (χ1n) is 12.9. The maximum Gasteiger partial charge on any atom is 0.319 e. The number of hydrogen-bond donors (Lipinski definition) is 2. The smallest absolute Gasteiger partial charge is 0.319 e. The lowest BCUT2D eigenvalue weighted by Gasteiger charge is -2.28. The van der Waals surface area contributed by atoms with Crippen molar-refractivity contribution < 1.29 is 9.53 Å². The number of anilines is 2. The number of likely N-dealkylation sites (tertiary alicyclic amines) is 1. The van der Waals surface area contributed by atoms with Gasteiger partial charge in [-0.2, -0.15) is 0 Å². The molecule has 2 aliphatic heterocycles. The molecule has 2 N–H and O–H groups in total. The number of aromatic nitrogens is 5. The van der Waals surface area contributed by atoms with E-state index in [1.807, 2.05) is 28.9 Å². The average molecular weight is 494 g/mol. The van der Waals surface area contributed by atoms with E-state index in [4.69, 9.17) is 14.7 Å². The summed E-state index contributed by atoms with van der Waals surface area (Å²) in [6.45, 7) is 11.9. The third-order valence-electron chi connectivity index (χ3n) is 6.91. The van der Waals surface area contributed by atoms with Gasteiger partial charge in [-0.1, -0.05) is 12.1 Å². The molecule has 0 bridgehead atoms. The molecule has 2 fully saturated rings. The number of amides is 2. The van der Waals surface area contributed by atoms with E-state index in [0.717, 1.165) is 49.7 Å². The minimum atomic E-state index is -0.190. The fourth-order valence-corrected chi connectivity index (χ4v) is 4.92. The number of carbonyl (C=O) groups excluding carboxylic acids is 1. The number of rotatable bonds is 7. The summed E-state index contributed by atoms with van der Waals surface area (Å²) >= 11 is 0. The van der Waals surface area contributed by atoms with Crippen LogP contribution >= 0.6 is 0 Å². The molecule has 36 heavy (non-hydrogen) atoms. The number of ether oxygens (including phenoxy) is 1. The summed E-state index contributed by atoms with van der Waals surface area (Å²) in [6.07, 6.45) is 2.32. The summed E-state index contributed by atoms with van der Waals surface area (Å²) in [5.41, 5.74) is 3.00. The zero-order valence-corrected chi connectivity index (χ0v) is 21.3. The first-order chi connectivity index (χ1) is 17.5. The fraction of sp³-hybridized carbons (Fsp3) is 0.560. The van der Waals surface area contributed by atoms with Crippen molar-refractivity contribution in [3.8, 4) is 11.4 Å². The fourth-order valence-electron chi connectivity index (χ4n) is 4.92. The second kappa shape index (κ2) is 10.8. The van der Waals surface area contributed by atoms with Crippen LogP contribution in [0, 0.1) is 0 Å². The van der Waals surface area contributed by atoms with Gasteiger partial charge in [0.2, 0.25) is 0 Å². The van der Waals surface area contributed by atoms with Crippen molar-refractivity contribution in [2.24, 2.45) is 0 Å². The van der Waals surface area contributed by atoms with E-state index in [-0.39, 0.29) is 12.1 Å². The summed E-state index contributed by atoms with van der Waals surface area (Å²) in [7, 11) is 0. The van der Waals surface area contributed by atoms with Gasteiger partial charge >= 0.3 is 6.03 Å². The Kier molecular flexibility index (Phi) is 7.28. The highest BCUT2D eigenvalue weighted by molar-refractivity contribution is 5.90. The van der Waals surface area contributed by atoms with Gasteiger partial charge in [0, 0.05) is 36.9 Å². The van der Waals surface area contributed by atoms with Gasteiger partial charge in [-0.05, 0) is 64.0 Å². The second-order valence-electron chi connectivity index (χ2n) is 9.61. The Labute approximate surface area is 211 Å². The number of carbonyl (C=O) groups is 1. The predicted molar refractivity (Wildman–Crippen MR) is 139 cm³/mol. The average Bonchev–Trinajstić information content (AvgIpc) is 3.54. The van der Waals surface area contributed by atoms with E-state index < -0.39 is 0 Å². The minimum Gasteiger partial charge on any atom is -0.378 e. The van der Waals surface area contributed by atoms with Crippen LogP contribution in [-0.4, -0.2) is 87.9 Å². The number of nitrogens with zero attached hydrogens (tertiary/aromatic N) is 7. The van der Waals surface area contributed by atoms with Gasteiger partial charge in [-0.25, -0.2) is 19.4 Å². The molecule has 11 heteroatoms. The molecule has 2 amide bonds. The van der Waals surface area contributed by atoms with E-state index in [9.17, 15) is 4.79 Å². The lowest BCUT2D eigenvalue weighted by atomic mass is 10.2. The normalized spacial score (nSPS) is 18.8. The largest absolute Gasteiger partial charge is 0.378 e. The quantitative estimate of drug-likeness (QED) is 0.517. The molecule has 2 aromatic heterocycles. The van der Waals surface area contributed by atoms with Crippen LogP contribution in [0.2, 0.25) is 0 Å². The highest BCUT2D eigenvalue weighted by atomic mass is 16.5. The number of fused-ring (bicyclic) bond motifs is 1. The standard InChI is InChI=1S/C25H35N9O2/c1-4-32-11-5-6-20(32)16-26-25(35)27-19-9-7-18(8-10-19)22-28-23(33-12-14-36-15-13-33)21-24(29-22)34(17(2)3)31-30-21/h7-10,17,20H,4-6,11-16H2,1-3H3,(H2,26,27,35). The van der Waals surface area contributed by atoms with E-state index >= 15 is 0 Å². The molecular weight excluding hydrogens is 458 g/mol. The summed E-state index contributed by atoms with van der Waals surface area (Å²) in [5, 5.41) is 14.7. The molecule has 11 nitrogen and oxygen atoms in total. The lowest BCUT2D eigenvalue weighted by Crippen LogP contribution is -2.41. The van der Waals surface area contributed by atoms with Gasteiger partial charge in [0.05, 0.1) is 19.3 Å². The number of urea groups is 1. The molecule has 5 rings (SSSR count). The van der Waals surface area contributed by atoms with Crippen molar-refractivity contribution >= 4 is 28.7 Å². The van der Waals surface area contributed by atoms with Gasteiger partial charge in [-0.15, -0.1) is 5.10 Å². The number of hydrogen-bond acceptors (Lipinski definition) is 8. The van der Waals surface area contributed by atoms with E-state index in [2.05, 4.69) is 51.5 Å². The molecule has 0 saturated carbocycles. The maximum absolute atomic E-state index is 12.5. The third kappa shape index (κ3) is 5.12. The van der Waals surface area contributed by atoms with Crippen molar-refractivity contribution in [2.45, 2.75) is 45.7 Å².